The van der Waals surface area contributed by atoms with Gasteiger partial charge in [0.2, 0.25) is 0 Å². The molecule has 0 radical (unpaired) electrons. The first kappa shape index (κ1) is 5.76. The summed E-state index contributed by atoms with van der Waals surface area (Å²) in [4.78, 5) is 4.12. The van der Waals surface area contributed by atoms with Crippen LogP contribution in [0.15, 0.2) is 4.99 Å². The van der Waals surface area contributed by atoms with Crippen LogP contribution in [0.2, 0.25) is 0 Å². The topological polar surface area (TPSA) is 38.4 Å². The average Bonchev–Trinajstić information content (AvgIpc) is 1.90. The van der Waals surface area contributed by atoms with Crippen LogP contribution in [0.5, 0.6) is 0 Å². The van der Waals surface area contributed by atoms with E-state index in [1.807, 2.05) is 6.21 Å². The van der Waals surface area contributed by atoms with Gasteiger partial charge in [-0.15, -0.1) is 0 Å². The standard InChI is InChI=1S/C6H12N2/c7-4-6-2-1-3-8-5-6/h5-6H,1-4,7H2. The van der Waals surface area contributed by atoms with E-state index in [4.69, 9.17) is 5.73 Å². The normalized spacial score (nSPS) is 28.4. The van der Waals surface area contributed by atoms with Gasteiger partial charge in [0.1, 0.15) is 0 Å². The fourth-order valence-corrected chi connectivity index (χ4v) is 0.922. The lowest BCUT2D eigenvalue weighted by Gasteiger charge is -2.11. The largest absolute Gasteiger partial charge is 0.330 e. The monoisotopic (exact) mass is 112 g/mol. The molecule has 2 heteroatoms. The minimum Gasteiger partial charge on any atom is -0.330 e. The van der Waals surface area contributed by atoms with Crippen LogP contribution >= 0.6 is 0 Å². The van der Waals surface area contributed by atoms with Crippen molar-refractivity contribution in [2.75, 3.05) is 13.1 Å². The molecule has 0 saturated heterocycles. The molecule has 1 atom stereocenters. The van der Waals surface area contributed by atoms with Gasteiger partial charge in [-0.1, -0.05) is 0 Å². The van der Waals surface area contributed by atoms with Crippen molar-refractivity contribution < 1.29 is 0 Å². The Hall–Kier alpha value is -0.370. The second-order valence-electron chi connectivity index (χ2n) is 2.19. The summed E-state index contributed by atoms with van der Waals surface area (Å²) < 4.78 is 0. The molecule has 0 bridgehead atoms. The summed E-state index contributed by atoms with van der Waals surface area (Å²) >= 11 is 0. The first-order valence-corrected chi connectivity index (χ1v) is 3.13. The van der Waals surface area contributed by atoms with Crippen LogP contribution in [-0.2, 0) is 0 Å². The van der Waals surface area contributed by atoms with Gasteiger partial charge in [-0.2, -0.15) is 0 Å². The Morgan fingerprint density at radius 2 is 2.62 bits per heavy atom. The molecule has 0 saturated carbocycles. The van der Waals surface area contributed by atoms with Crippen LogP contribution in [0.1, 0.15) is 12.8 Å². The fraction of sp³-hybridized carbons (Fsp3) is 0.833. The third-order valence-electron chi connectivity index (χ3n) is 1.48. The minimum atomic E-state index is 0.573. The summed E-state index contributed by atoms with van der Waals surface area (Å²) in [5, 5.41) is 0. The van der Waals surface area contributed by atoms with E-state index < -0.39 is 0 Å². The van der Waals surface area contributed by atoms with E-state index in [0.717, 1.165) is 13.1 Å². The summed E-state index contributed by atoms with van der Waals surface area (Å²) in [6.45, 7) is 1.78. The van der Waals surface area contributed by atoms with Crippen LogP contribution in [0.4, 0.5) is 0 Å². The molecule has 0 fully saturated rings. The molecule has 1 unspecified atom stereocenters. The van der Waals surface area contributed by atoms with Crippen molar-refractivity contribution in [3.05, 3.63) is 0 Å². The summed E-state index contributed by atoms with van der Waals surface area (Å²) in [5.74, 6) is 0.573. The molecule has 8 heavy (non-hydrogen) atoms. The summed E-state index contributed by atoms with van der Waals surface area (Å²) in [5.41, 5.74) is 5.41. The highest BCUT2D eigenvalue weighted by Gasteiger charge is 2.04. The second kappa shape index (κ2) is 2.82. The van der Waals surface area contributed by atoms with Gasteiger partial charge in [0.25, 0.3) is 0 Å². The van der Waals surface area contributed by atoms with Crippen molar-refractivity contribution in [1.29, 1.82) is 0 Å². The van der Waals surface area contributed by atoms with Gasteiger partial charge in [0.15, 0.2) is 0 Å². The van der Waals surface area contributed by atoms with E-state index in [-0.39, 0.29) is 0 Å². The molecule has 0 aromatic heterocycles. The Kier molecular flexibility index (Phi) is 2.03. The predicted octanol–water partition coefficient (Wildman–Crippen LogP) is 0.426. The quantitative estimate of drug-likeness (QED) is 0.524. The molecule has 0 aromatic carbocycles. The minimum absolute atomic E-state index is 0.573. The Morgan fingerprint density at radius 3 is 3.00 bits per heavy atom. The SMILES string of the molecule is NCC1C=NCCC1. The third kappa shape index (κ3) is 1.30. The first-order valence-electron chi connectivity index (χ1n) is 3.13. The maximum absolute atomic E-state index is 5.41. The van der Waals surface area contributed by atoms with Gasteiger partial charge in [-0.25, -0.2) is 0 Å². The molecule has 0 amide bonds. The highest BCUT2D eigenvalue weighted by atomic mass is 14.7. The van der Waals surface area contributed by atoms with Gasteiger partial charge in [0, 0.05) is 25.2 Å². The van der Waals surface area contributed by atoms with Gasteiger partial charge in [-0.05, 0) is 12.8 Å². The molecule has 2 N–H and O–H groups in total. The first-order chi connectivity index (χ1) is 3.93. The molecule has 1 aliphatic heterocycles. The van der Waals surface area contributed by atoms with Gasteiger partial charge < -0.3 is 5.73 Å². The fourth-order valence-electron chi connectivity index (χ4n) is 0.922. The van der Waals surface area contributed by atoms with Crippen molar-refractivity contribution >= 4 is 6.21 Å². The molecule has 0 aromatic rings. The molecule has 46 valence electrons. The zero-order valence-corrected chi connectivity index (χ0v) is 5.01. The number of nitrogens with zero attached hydrogens (tertiary/aromatic N) is 1. The zero-order valence-electron chi connectivity index (χ0n) is 5.01. The summed E-state index contributed by atoms with van der Waals surface area (Å²) in [7, 11) is 0. The Morgan fingerprint density at radius 1 is 1.75 bits per heavy atom. The van der Waals surface area contributed by atoms with E-state index in [9.17, 15) is 0 Å². The Balaban J connectivity index is 2.32. The third-order valence-corrected chi connectivity index (χ3v) is 1.48. The predicted molar refractivity (Wildman–Crippen MR) is 35.1 cm³/mol. The van der Waals surface area contributed by atoms with Gasteiger partial charge in [-0.3, -0.25) is 4.99 Å². The van der Waals surface area contributed by atoms with Gasteiger partial charge >= 0.3 is 0 Å². The van der Waals surface area contributed by atoms with E-state index in [2.05, 4.69) is 4.99 Å². The Labute approximate surface area is 49.8 Å². The average molecular weight is 112 g/mol. The van der Waals surface area contributed by atoms with Crippen molar-refractivity contribution in [3.8, 4) is 0 Å². The Bertz CT molecular complexity index is 88.5. The summed E-state index contributed by atoms with van der Waals surface area (Å²) in [6, 6.07) is 0. The molecule has 1 aliphatic rings. The number of hydrogen-bond donors (Lipinski definition) is 1. The lowest BCUT2D eigenvalue weighted by molar-refractivity contribution is 0.588. The van der Waals surface area contributed by atoms with E-state index in [1.54, 1.807) is 0 Å². The van der Waals surface area contributed by atoms with Crippen molar-refractivity contribution in [1.82, 2.24) is 0 Å². The van der Waals surface area contributed by atoms with E-state index in [0.29, 0.717) is 5.92 Å². The van der Waals surface area contributed by atoms with E-state index in [1.165, 1.54) is 12.8 Å². The number of rotatable bonds is 1. The lowest BCUT2D eigenvalue weighted by Crippen LogP contribution is -2.18. The molecule has 2 nitrogen and oxygen atoms in total. The smallest absolute Gasteiger partial charge is 0.0385 e. The maximum atomic E-state index is 5.41. The molecule has 0 spiro atoms. The number of hydrogen-bond acceptors (Lipinski definition) is 2. The molecule has 1 heterocycles. The highest BCUT2D eigenvalue weighted by Crippen LogP contribution is 2.06. The van der Waals surface area contributed by atoms with Crippen LogP contribution in [0.3, 0.4) is 0 Å². The van der Waals surface area contributed by atoms with Crippen LogP contribution in [-0.4, -0.2) is 19.3 Å². The number of aliphatic imine (C=N–C) groups is 1. The molecule has 0 aliphatic carbocycles. The van der Waals surface area contributed by atoms with Crippen LogP contribution < -0.4 is 5.73 Å². The second-order valence-corrected chi connectivity index (χ2v) is 2.19. The van der Waals surface area contributed by atoms with E-state index >= 15 is 0 Å². The summed E-state index contributed by atoms with van der Waals surface area (Å²) in [6.07, 6.45) is 4.45. The molecular formula is C6H12N2. The van der Waals surface area contributed by atoms with Crippen LogP contribution in [0.25, 0.3) is 0 Å². The van der Waals surface area contributed by atoms with Crippen molar-refractivity contribution in [3.63, 3.8) is 0 Å². The van der Waals surface area contributed by atoms with Crippen molar-refractivity contribution in [2.45, 2.75) is 12.8 Å². The number of nitrogens with two attached hydrogens (primary N) is 1. The van der Waals surface area contributed by atoms with Gasteiger partial charge in [0.05, 0.1) is 0 Å². The van der Waals surface area contributed by atoms with Crippen LogP contribution in [0, 0.1) is 5.92 Å². The highest BCUT2D eigenvalue weighted by molar-refractivity contribution is 5.61. The molecular weight excluding hydrogens is 100 g/mol. The van der Waals surface area contributed by atoms with Crippen molar-refractivity contribution in [2.24, 2.45) is 16.6 Å². The zero-order chi connectivity index (χ0) is 5.82. The maximum Gasteiger partial charge on any atom is 0.0385 e. The molecule has 1 rings (SSSR count). The lowest BCUT2D eigenvalue weighted by atomic mass is 10.0.